The molecule has 0 heterocycles. The number of benzene rings is 2. The van der Waals surface area contributed by atoms with Gasteiger partial charge in [0.2, 0.25) is 0 Å². The zero-order chi connectivity index (χ0) is 39.0. The van der Waals surface area contributed by atoms with Gasteiger partial charge in [0.25, 0.3) is 0 Å². The maximum Gasteiger partial charge on any atom is 0.415 e. The third-order valence-corrected chi connectivity index (χ3v) is 19.3. The van der Waals surface area contributed by atoms with E-state index in [4.69, 9.17) is 4.74 Å². The molecule has 11 aliphatic rings. The summed E-state index contributed by atoms with van der Waals surface area (Å²) in [5, 5.41) is 26.8. The van der Waals surface area contributed by atoms with Crippen LogP contribution in [0.25, 0.3) is 10.8 Å². The molecule has 2 aromatic carbocycles. The molecule has 8 atom stereocenters. The van der Waals surface area contributed by atoms with Crippen LogP contribution in [0.4, 0.5) is 4.79 Å². The van der Waals surface area contributed by atoms with Crippen LogP contribution in [0.2, 0.25) is 0 Å². The van der Waals surface area contributed by atoms with Gasteiger partial charge in [0.1, 0.15) is 5.75 Å². The van der Waals surface area contributed by atoms with Crippen LogP contribution in [-0.2, 0) is 4.79 Å². The quantitative estimate of drug-likeness (QED) is 0.274. The molecular formula is C51H65NO5. The minimum atomic E-state index is -1.12. The number of amides is 1. The van der Waals surface area contributed by atoms with Crippen LogP contribution in [0.3, 0.4) is 0 Å². The van der Waals surface area contributed by atoms with Gasteiger partial charge in [-0.1, -0.05) is 81.7 Å². The molecule has 0 aliphatic heterocycles. The van der Waals surface area contributed by atoms with Crippen molar-refractivity contribution in [1.82, 2.24) is 4.90 Å². The molecule has 1 amide bonds. The maximum atomic E-state index is 15.1. The first-order valence-corrected chi connectivity index (χ1v) is 23.2. The van der Waals surface area contributed by atoms with E-state index in [1.807, 2.05) is 35.2 Å². The summed E-state index contributed by atoms with van der Waals surface area (Å²) in [5.74, 6) is 3.62. The van der Waals surface area contributed by atoms with Crippen LogP contribution in [0.1, 0.15) is 129 Å². The number of carbonyl (C=O) groups is 2. The fourth-order valence-corrected chi connectivity index (χ4v) is 17.0. The maximum absolute atomic E-state index is 15.1. The van der Waals surface area contributed by atoms with Gasteiger partial charge in [-0.25, -0.2) is 4.79 Å². The van der Waals surface area contributed by atoms with Crippen molar-refractivity contribution in [2.75, 3.05) is 13.1 Å². The van der Waals surface area contributed by atoms with E-state index in [0.29, 0.717) is 30.9 Å². The lowest BCUT2D eigenvalue weighted by Crippen LogP contribution is -2.68. The van der Waals surface area contributed by atoms with Gasteiger partial charge in [0, 0.05) is 34.3 Å². The molecule has 6 heteroatoms. The second-order valence-corrected chi connectivity index (χ2v) is 22.2. The Bertz CT molecular complexity index is 2010. The fraction of sp³-hybridized carbons (Fsp3) is 0.686. The van der Waals surface area contributed by atoms with Crippen molar-refractivity contribution in [1.29, 1.82) is 0 Å². The Kier molecular flexibility index (Phi) is 8.31. The minimum absolute atomic E-state index is 0.0481. The standard InChI is InChI=1S/C51H65NO5/c1-46-17-14-39(53)29-49(46)20-21-51(41(30-49)44(54)37-9-4-3-5-10-37)42(46)15-18-47(2)43(51)16-19-50(47,56)32-52(31-48-26-33-22-34(27-48)24-35(23-33)28-48)45(55)57-40-13-12-36-8-6-7-11-38(36)25-40/h6-8,11-13,20-21,25,30,33-35,37,39,42-43,53,56H,3-5,9-10,14-19,22-24,26-29,31-32H2,1-2H3. The van der Waals surface area contributed by atoms with E-state index in [9.17, 15) is 15.0 Å². The van der Waals surface area contributed by atoms with E-state index in [1.165, 1.54) is 44.9 Å². The summed E-state index contributed by atoms with van der Waals surface area (Å²) in [6.45, 7) is 5.71. The first-order valence-electron chi connectivity index (χ1n) is 23.2. The molecule has 8 fully saturated rings. The third kappa shape index (κ3) is 5.33. The van der Waals surface area contributed by atoms with Crippen molar-refractivity contribution >= 4 is 22.6 Å². The highest BCUT2D eigenvalue weighted by atomic mass is 16.6. The van der Waals surface area contributed by atoms with E-state index in [1.54, 1.807) is 0 Å². The monoisotopic (exact) mass is 771 g/mol. The minimum Gasteiger partial charge on any atom is -0.410 e. The molecule has 2 N–H and O–H groups in total. The number of aliphatic hydroxyl groups excluding tert-OH is 1. The predicted octanol–water partition coefficient (Wildman–Crippen LogP) is 10.6. The van der Waals surface area contributed by atoms with Crippen molar-refractivity contribution in [2.24, 2.45) is 62.6 Å². The van der Waals surface area contributed by atoms with Crippen LogP contribution in [0.5, 0.6) is 5.75 Å². The molecule has 304 valence electrons. The molecule has 0 saturated heterocycles. The zero-order valence-corrected chi connectivity index (χ0v) is 34.5. The van der Waals surface area contributed by atoms with Crippen LogP contribution >= 0.6 is 0 Å². The Morgan fingerprint density at radius 1 is 0.754 bits per heavy atom. The number of hydrogen-bond acceptors (Lipinski definition) is 5. The van der Waals surface area contributed by atoms with Crippen LogP contribution < -0.4 is 4.74 Å². The third-order valence-electron chi connectivity index (χ3n) is 19.3. The molecule has 11 aliphatic carbocycles. The second kappa shape index (κ2) is 12.8. The lowest BCUT2D eigenvalue weighted by atomic mass is 9.32. The summed E-state index contributed by atoms with van der Waals surface area (Å²) in [6.07, 6.45) is 25.3. The Morgan fingerprint density at radius 3 is 2.16 bits per heavy atom. The predicted molar refractivity (Wildman–Crippen MR) is 222 cm³/mol. The van der Waals surface area contributed by atoms with Crippen LogP contribution in [-0.4, -0.2) is 51.8 Å². The van der Waals surface area contributed by atoms with Crippen molar-refractivity contribution < 1.29 is 24.5 Å². The molecule has 8 saturated carbocycles. The topological polar surface area (TPSA) is 87.1 Å². The molecule has 0 aromatic heterocycles. The van der Waals surface area contributed by atoms with E-state index >= 15 is 4.79 Å². The molecule has 13 rings (SSSR count). The van der Waals surface area contributed by atoms with E-state index < -0.39 is 16.4 Å². The highest BCUT2D eigenvalue weighted by Gasteiger charge is 2.75. The van der Waals surface area contributed by atoms with Gasteiger partial charge in [0.15, 0.2) is 5.78 Å². The lowest BCUT2D eigenvalue weighted by Gasteiger charge is -2.71. The number of Topliss-reactive ketones (excluding diaryl/α,β-unsaturated/α-hetero) is 1. The number of hydrogen-bond donors (Lipinski definition) is 2. The Hall–Kier alpha value is -2.96. The highest BCUT2D eigenvalue weighted by molar-refractivity contribution is 6.00. The number of allylic oxidation sites excluding steroid dienone is 4. The molecule has 6 nitrogen and oxygen atoms in total. The van der Waals surface area contributed by atoms with E-state index in [-0.39, 0.29) is 52.7 Å². The number of rotatable bonds is 7. The second-order valence-electron chi connectivity index (χ2n) is 22.2. The molecule has 2 aromatic rings. The van der Waals surface area contributed by atoms with Crippen LogP contribution in [0, 0.1) is 62.6 Å². The Balaban J connectivity index is 0.957. The lowest BCUT2D eigenvalue weighted by molar-refractivity contribution is -0.180. The Labute approximate surface area is 339 Å². The highest BCUT2D eigenvalue weighted by Crippen LogP contribution is 2.78. The van der Waals surface area contributed by atoms with Crippen molar-refractivity contribution in [3.8, 4) is 5.75 Å². The number of fused-ring (bicyclic) bond motifs is 2. The smallest absolute Gasteiger partial charge is 0.410 e. The summed E-state index contributed by atoms with van der Waals surface area (Å²) in [5.41, 5.74) is -1.30. The summed E-state index contributed by atoms with van der Waals surface area (Å²) in [6, 6.07) is 14.1. The molecular weight excluding hydrogens is 707 g/mol. The molecule has 8 unspecified atom stereocenters. The number of carbonyl (C=O) groups excluding carboxylic acids is 2. The van der Waals surface area contributed by atoms with Gasteiger partial charge in [-0.05, 0) is 160 Å². The molecule has 2 spiro atoms. The largest absolute Gasteiger partial charge is 0.415 e. The molecule has 0 radical (unpaired) electrons. The SMILES string of the molecule is CC12CCC(O)CC13C=CC1(C(C(=O)C4CCCCC4)=C3)C2CCC2(C)C1CCC2(O)CN(CC12CC3CC(CC(C3)C1)C2)C(=O)Oc1ccc2ccccc2c1. The number of ether oxygens (including phenoxy) is 1. The van der Waals surface area contributed by atoms with E-state index in [2.05, 4.69) is 44.2 Å². The van der Waals surface area contributed by atoms with Crippen molar-refractivity contribution in [3.05, 3.63) is 66.3 Å². The number of aliphatic hydroxyl groups is 2. The van der Waals surface area contributed by atoms with Gasteiger partial charge in [-0.3, -0.25) is 4.79 Å². The average Bonchev–Trinajstić information content (AvgIpc) is 3.46. The zero-order valence-electron chi connectivity index (χ0n) is 34.5. The summed E-state index contributed by atoms with van der Waals surface area (Å²) < 4.78 is 6.34. The van der Waals surface area contributed by atoms with Gasteiger partial charge >= 0.3 is 6.09 Å². The Morgan fingerprint density at radius 2 is 1.42 bits per heavy atom. The van der Waals surface area contributed by atoms with Gasteiger partial charge in [-0.15, -0.1) is 0 Å². The number of nitrogens with zero attached hydrogens (tertiary/aromatic N) is 1. The summed E-state index contributed by atoms with van der Waals surface area (Å²) in [7, 11) is 0. The van der Waals surface area contributed by atoms with Gasteiger partial charge in [0.05, 0.1) is 18.2 Å². The van der Waals surface area contributed by atoms with Gasteiger partial charge in [-0.2, -0.15) is 0 Å². The first kappa shape index (κ1) is 37.1. The average molecular weight is 772 g/mol. The van der Waals surface area contributed by atoms with Gasteiger partial charge < -0.3 is 19.8 Å². The molecule has 57 heavy (non-hydrogen) atoms. The first-order chi connectivity index (χ1) is 27.4. The van der Waals surface area contributed by atoms with E-state index in [0.717, 1.165) is 91.9 Å². The summed E-state index contributed by atoms with van der Waals surface area (Å²) in [4.78, 5) is 31.8. The normalized spacial score (nSPS) is 45.3. The van der Waals surface area contributed by atoms with Crippen molar-refractivity contribution in [2.45, 2.75) is 141 Å². The number of ketones is 1. The summed E-state index contributed by atoms with van der Waals surface area (Å²) >= 11 is 0. The molecule has 6 bridgehead atoms. The van der Waals surface area contributed by atoms with Crippen LogP contribution in [0.15, 0.2) is 66.3 Å². The van der Waals surface area contributed by atoms with Crippen molar-refractivity contribution in [3.63, 3.8) is 0 Å². The fourth-order valence-electron chi connectivity index (χ4n) is 17.0.